The van der Waals surface area contributed by atoms with Gasteiger partial charge in [0.25, 0.3) is 0 Å². The number of hydrogen-bond acceptors (Lipinski definition) is 1. The SMILES string of the molecule is CCCCCCC1=CC(C)C(O)C=C1. The van der Waals surface area contributed by atoms with Gasteiger partial charge < -0.3 is 5.11 Å². The largest absolute Gasteiger partial charge is 0.388 e. The van der Waals surface area contributed by atoms with E-state index in [9.17, 15) is 5.11 Å². The Kier molecular flexibility index (Phi) is 4.95. The quantitative estimate of drug-likeness (QED) is 0.665. The predicted molar refractivity (Wildman–Crippen MR) is 61.2 cm³/mol. The third-order valence-electron chi connectivity index (χ3n) is 2.84. The van der Waals surface area contributed by atoms with Gasteiger partial charge in [0.05, 0.1) is 6.10 Å². The summed E-state index contributed by atoms with van der Waals surface area (Å²) < 4.78 is 0. The Labute approximate surface area is 87.5 Å². The first-order valence-corrected chi connectivity index (χ1v) is 5.81. The first-order valence-electron chi connectivity index (χ1n) is 5.81. The maximum absolute atomic E-state index is 9.47. The summed E-state index contributed by atoms with van der Waals surface area (Å²) in [4.78, 5) is 0. The van der Waals surface area contributed by atoms with E-state index in [1.165, 1.54) is 37.7 Å². The summed E-state index contributed by atoms with van der Waals surface area (Å²) >= 11 is 0. The molecule has 2 unspecified atom stereocenters. The summed E-state index contributed by atoms with van der Waals surface area (Å²) in [5.74, 6) is 0.293. The number of allylic oxidation sites excluding steroid dienone is 2. The van der Waals surface area contributed by atoms with Gasteiger partial charge in [-0.15, -0.1) is 0 Å². The first-order chi connectivity index (χ1) is 6.74. The zero-order valence-electron chi connectivity index (χ0n) is 9.37. The molecule has 1 heteroatoms. The van der Waals surface area contributed by atoms with Gasteiger partial charge in [0.2, 0.25) is 0 Å². The smallest absolute Gasteiger partial charge is 0.0784 e. The van der Waals surface area contributed by atoms with Gasteiger partial charge in [-0.25, -0.2) is 0 Å². The van der Waals surface area contributed by atoms with Crippen molar-refractivity contribution in [3.05, 3.63) is 23.8 Å². The molecule has 0 aromatic carbocycles. The predicted octanol–water partition coefficient (Wildman–Crippen LogP) is 3.45. The lowest BCUT2D eigenvalue weighted by Gasteiger charge is -2.17. The Bertz CT molecular complexity index is 215. The van der Waals surface area contributed by atoms with Crippen molar-refractivity contribution >= 4 is 0 Å². The minimum Gasteiger partial charge on any atom is -0.388 e. The van der Waals surface area contributed by atoms with Gasteiger partial charge in [-0.3, -0.25) is 0 Å². The van der Waals surface area contributed by atoms with E-state index in [1.807, 2.05) is 6.08 Å². The Hall–Kier alpha value is -0.560. The third-order valence-corrected chi connectivity index (χ3v) is 2.84. The molecule has 0 aromatic rings. The molecule has 0 fully saturated rings. The van der Waals surface area contributed by atoms with Crippen LogP contribution in [-0.4, -0.2) is 11.2 Å². The molecule has 1 aliphatic carbocycles. The molecule has 0 radical (unpaired) electrons. The first kappa shape index (κ1) is 11.5. The number of hydrogen-bond donors (Lipinski definition) is 1. The average Bonchev–Trinajstić information content (AvgIpc) is 2.18. The molecule has 0 amide bonds. The van der Waals surface area contributed by atoms with E-state index in [4.69, 9.17) is 0 Å². The standard InChI is InChI=1S/C13H22O/c1-3-4-5-6-7-12-8-9-13(14)11(2)10-12/h8-11,13-14H,3-7H2,1-2H3. The molecular formula is C13H22O. The summed E-state index contributed by atoms with van der Waals surface area (Å²) in [7, 11) is 0. The molecule has 0 saturated heterocycles. The van der Waals surface area contributed by atoms with Crippen LogP contribution in [0.3, 0.4) is 0 Å². The van der Waals surface area contributed by atoms with Crippen LogP contribution in [0.2, 0.25) is 0 Å². The van der Waals surface area contributed by atoms with Gasteiger partial charge in [0.1, 0.15) is 0 Å². The van der Waals surface area contributed by atoms with Crippen molar-refractivity contribution in [2.45, 2.75) is 52.1 Å². The lowest BCUT2D eigenvalue weighted by molar-refractivity contribution is 0.183. The van der Waals surface area contributed by atoms with Crippen molar-refractivity contribution in [1.82, 2.24) is 0 Å². The molecule has 0 aromatic heterocycles. The van der Waals surface area contributed by atoms with Crippen LogP contribution in [0.5, 0.6) is 0 Å². The molecule has 0 bridgehead atoms. The van der Waals surface area contributed by atoms with Crippen molar-refractivity contribution in [3.8, 4) is 0 Å². The molecule has 0 heterocycles. The molecule has 0 saturated carbocycles. The van der Waals surface area contributed by atoms with E-state index in [0.717, 1.165) is 0 Å². The topological polar surface area (TPSA) is 20.2 Å². The number of aliphatic hydroxyl groups is 1. The maximum Gasteiger partial charge on any atom is 0.0784 e. The second-order valence-corrected chi connectivity index (χ2v) is 4.26. The summed E-state index contributed by atoms with van der Waals surface area (Å²) in [5, 5.41) is 9.47. The number of rotatable bonds is 5. The second kappa shape index (κ2) is 6.02. The van der Waals surface area contributed by atoms with Crippen LogP contribution in [0.15, 0.2) is 23.8 Å². The van der Waals surface area contributed by atoms with Crippen LogP contribution in [-0.2, 0) is 0 Å². The van der Waals surface area contributed by atoms with Crippen LogP contribution in [0.4, 0.5) is 0 Å². The van der Waals surface area contributed by atoms with E-state index >= 15 is 0 Å². The highest BCUT2D eigenvalue weighted by Crippen LogP contribution is 2.20. The van der Waals surface area contributed by atoms with Gasteiger partial charge in [-0.1, -0.05) is 56.9 Å². The fourth-order valence-electron chi connectivity index (χ4n) is 1.81. The second-order valence-electron chi connectivity index (χ2n) is 4.26. The van der Waals surface area contributed by atoms with Crippen molar-refractivity contribution in [2.75, 3.05) is 0 Å². The van der Waals surface area contributed by atoms with Crippen molar-refractivity contribution < 1.29 is 5.11 Å². The van der Waals surface area contributed by atoms with Crippen molar-refractivity contribution in [1.29, 1.82) is 0 Å². The molecule has 1 aliphatic rings. The Morgan fingerprint density at radius 2 is 2.07 bits per heavy atom. The Morgan fingerprint density at radius 3 is 2.71 bits per heavy atom. The van der Waals surface area contributed by atoms with E-state index in [1.54, 1.807) is 0 Å². The third kappa shape index (κ3) is 3.67. The summed E-state index contributed by atoms with van der Waals surface area (Å²) in [5.41, 5.74) is 1.40. The highest BCUT2D eigenvalue weighted by atomic mass is 16.3. The van der Waals surface area contributed by atoms with Crippen molar-refractivity contribution in [2.24, 2.45) is 5.92 Å². The van der Waals surface area contributed by atoms with Crippen molar-refractivity contribution in [3.63, 3.8) is 0 Å². The number of aliphatic hydroxyl groups excluding tert-OH is 1. The highest BCUT2D eigenvalue weighted by Gasteiger charge is 2.12. The van der Waals surface area contributed by atoms with Crippen LogP contribution < -0.4 is 0 Å². The summed E-state index contributed by atoms with van der Waals surface area (Å²) in [6.07, 6.45) is 12.4. The molecular weight excluding hydrogens is 172 g/mol. The summed E-state index contributed by atoms with van der Waals surface area (Å²) in [6, 6.07) is 0. The van der Waals surface area contributed by atoms with E-state index in [-0.39, 0.29) is 6.10 Å². The summed E-state index contributed by atoms with van der Waals surface area (Å²) in [6.45, 7) is 4.30. The Morgan fingerprint density at radius 1 is 1.29 bits per heavy atom. The monoisotopic (exact) mass is 194 g/mol. The fourth-order valence-corrected chi connectivity index (χ4v) is 1.81. The molecule has 0 spiro atoms. The van der Waals surface area contributed by atoms with E-state index in [0.29, 0.717) is 5.92 Å². The molecule has 80 valence electrons. The maximum atomic E-state index is 9.47. The minimum atomic E-state index is -0.269. The average molecular weight is 194 g/mol. The van der Waals surface area contributed by atoms with Crippen LogP contribution in [0.25, 0.3) is 0 Å². The molecule has 2 atom stereocenters. The van der Waals surface area contributed by atoms with Crippen LogP contribution in [0.1, 0.15) is 46.0 Å². The molecule has 1 N–H and O–H groups in total. The molecule has 0 aliphatic heterocycles. The minimum absolute atomic E-state index is 0.269. The van der Waals surface area contributed by atoms with E-state index < -0.39 is 0 Å². The van der Waals surface area contributed by atoms with Gasteiger partial charge in [-0.05, 0) is 12.8 Å². The Balaban J connectivity index is 2.25. The zero-order valence-corrected chi connectivity index (χ0v) is 9.37. The lowest BCUT2D eigenvalue weighted by atomic mass is 9.92. The van der Waals surface area contributed by atoms with Crippen LogP contribution in [0, 0.1) is 5.92 Å². The van der Waals surface area contributed by atoms with E-state index in [2.05, 4.69) is 26.0 Å². The van der Waals surface area contributed by atoms with Gasteiger partial charge in [0.15, 0.2) is 0 Å². The lowest BCUT2D eigenvalue weighted by Crippen LogP contribution is -2.15. The fraction of sp³-hybridized carbons (Fsp3) is 0.692. The molecule has 14 heavy (non-hydrogen) atoms. The normalized spacial score (nSPS) is 26.4. The molecule has 1 nitrogen and oxygen atoms in total. The zero-order chi connectivity index (χ0) is 10.4. The number of unbranched alkanes of at least 4 members (excludes halogenated alkanes) is 3. The van der Waals surface area contributed by atoms with Crippen LogP contribution >= 0.6 is 0 Å². The highest BCUT2D eigenvalue weighted by molar-refractivity contribution is 5.25. The molecule has 1 rings (SSSR count). The van der Waals surface area contributed by atoms with Gasteiger partial charge in [0, 0.05) is 5.92 Å². The van der Waals surface area contributed by atoms with Gasteiger partial charge in [-0.2, -0.15) is 0 Å². The van der Waals surface area contributed by atoms with Gasteiger partial charge >= 0.3 is 0 Å².